The van der Waals surface area contributed by atoms with Crippen LogP contribution in [0.15, 0.2) is 77.7 Å². The first kappa shape index (κ1) is 26.4. The highest BCUT2D eigenvalue weighted by molar-refractivity contribution is 6.23. The molecule has 36 heavy (non-hydrogen) atoms. The van der Waals surface area contributed by atoms with Gasteiger partial charge in [0.05, 0.1) is 30.7 Å². The molecule has 0 heterocycles. The van der Waals surface area contributed by atoms with Gasteiger partial charge >= 0.3 is 6.36 Å². The highest BCUT2D eigenvalue weighted by Crippen LogP contribution is 2.30. The largest absolute Gasteiger partial charge is 0.573 e. The van der Waals surface area contributed by atoms with E-state index in [2.05, 4.69) is 9.73 Å². The van der Waals surface area contributed by atoms with Crippen molar-refractivity contribution in [1.29, 1.82) is 0 Å². The quantitative estimate of drug-likeness (QED) is 0.184. The van der Waals surface area contributed by atoms with Gasteiger partial charge in [-0.25, -0.2) is 4.39 Å². The second kappa shape index (κ2) is 11.5. The minimum Gasteiger partial charge on any atom is -0.494 e. The molecule has 0 radical (unpaired) electrons. The fourth-order valence-corrected chi connectivity index (χ4v) is 3.20. The zero-order valence-electron chi connectivity index (χ0n) is 19.6. The van der Waals surface area contributed by atoms with E-state index in [0.29, 0.717) is 34.0 Å². The van der Waals surface area contributed by atoms with Crippen molar-refractivity contribution in [1.82, 2.24) is 0 Å². The topological polar surface area (TPSA) is 69.5 Å². The fourth-order valence-electron chi connectivity index (χ4n) is 3.20. The molecule has 0 saturated heterocycles. The summed E-state index contributed by atoms with van der Waals surface area (Å²) < 4.78 is 70.5. The van der Waals surface area contributed by atoms with Gasteiger partial charge in [0.1, 0.15) is 17.2 Å². The second-order valence-electron chi connectivity index (χ2n) is 7.27. The predicted molar refractivity (Wildman–Crippen MR) is 127 cm³/mol. The highest BCUT2D eigenvalue weighted by Gasteiger charge is 2.31. The van der Waals surface area contributed by atoms with Gasteiger partial charge in [-0.05, 0) is 67.9 Å². The van der Waals surface area contributed by atoms with Crippen LogP contribution >= 0.6 is 0 Å². The average Bonchev–Trinajstić information content (AvgIpc) is 2.82. The fraction of sp³-hybridized carbons (Fsp3) is 0.192. The highest BCUT2D eigenvalue weighted by atomic mass is 19.4. The molecule has 190 valence electrons. The maximum absolute atomic E-state index is 13.7. The number of aliphatic imine (C=N–C) groups is 1. The molecule has 10 heteroatoms. The molecule has 0 aliphatic carbocycles. The van der Waals surface area contributed by atoms with Crippen molar-refractivity contribution < 1.29 is 41.6 Å². The van der Waals surface area contributed by atoms with E-state index in [4.69, 9.17) is 14.2 Å². The molecule has 1 N–H and O–H groups in total. The molecule has 0 aromatic heterocycles. The number of methoxy groups -OCH3 is 1. The number of aliphatic hydroxyl groups is 1. The van der Waals surface area contributed by atoms with Crippen LogP contribution in [0.5, 0.6) is 23.0 Å². The van der Waals surface area contributed by atoms with Crippen molar-refractivity contribution in [2.75, 3.05) is 13.7 Å². The number of aliphatic hydroxyl groups excluding tert-OH is 1. The van der Waals surface area contributed by atoms with Crippen molar-refractivity contribution in [2.45, 2.75) is 20.2 Å². The number of alkyl halides is 3. The minimum absolute atomic E-state index is 0.0307. The number of halogens is 4. The third-order valence-corrected chi connectivity index (χ3v) is 4.72. The van der Waals surface area contributed by atoms with Crippen LogP contribution in [-0.2, 0) is 4.74 Å². The van der Waals surface area contributed by atoms with E-state index in [1.807, 2.05) is 0 Å². The second-order valence-corrected chi connectivity index (χ2v) is 7.27. The summed E-state index contributed by atoms with van der Waals surface area (Å²) in [6, 6.07) is 15.6. The van der Waals surface area contributed by atoms with Gasteiger partial charge in [0, 0.05) is 6.07 Å². The standard InChI is InChI=1S/C26H23F4NO5/c1-4-34-25(32)24(16(2)31-18-7-14-22(27)23(15-18)33-3)17-5-8-19(9-6-17)35-20-10-12-21(13-11-20)36-26(28,29)30/h5-15,32H,4H2,1-3H3. The zero-order chi connectivity index (χ0) is 26.3. The van der Waals surface area contributed by atoms with Crippen molar-refractivity contribution in [3.05, 3.63) is 84.1 Å². The molecule has 0 aliphatic heterocycles. The summed E-state index contributed by atoms with van der Waals surface area (Å²) in [6.07, 6.45) is -4.78. The number of ether oxygens (including phenoxy) is 4. The van der Waals surface area contributed by atoms with Crippen LogP contribution in [0, 0.1) is 5.82 Å². The molecule has 3 aromatic rings. The number of allylic oxidation sites excluding steroid dienone is 1. The van der Waals surface area contributed by atoms with Gasteiger partial charge in [0.15, 0.2) is 11.6 Å². The van der Waals surface area contributed by atoms with Gasteiger partial charge in [-0.2, -0.15) is 0 Å². The summed E-state index contributed by atoms with van der Waals surface area (Å²) in [5.41, 5.74) is 1.66. The van der Waals surface area contributed by atoms with Gasteiger partial charge in [-0.15, -0.1) is 13.2 Å². The lowest BCUT2D eigenvalue weighted by Gasteiger charge is -2.13. The summed E-state index contributed by atoms with van der Waals surface area (Å²) >= 11 is 0. The number of benzene rings is 3. The Balaban J connectivity index is 1.84. The van der Waals surface area contributed by atoms with E-state index in [1.165, 1.54) is 37.4 Å². The Morgan fingerprint density at radius 2 is 1.50 bits per heavy atom. The molecule has 0 unspecified atom stereocenters. The lowest BCUT2D eigenvalue weighted by atomic mass is 10.0. The molecule has 0 spiro atoms. The first-order chi connectivity index (χ1) is 17.1. The van der Waals surface area contributed by atoms with Crippen LogP contribution in [0.2, 0.25) is 0 Å². The average molecular weight is 505 g/mol. The maximum atomic E-state index is 13.7. The molecular formula is C26H23F4NO5. The minimum atomic E-state index is -4.78. The van der Waals surface area contributed by atoms with Crippen LogP contribution in [0.3, 0.4) is 0 Å². The summed E-state index contributed by atoms with van der Waals surface area (Å²) in [6.45, 7) is 3.59. The molecular weight excluding hydrogens is 482 g/mol. The molecule has 0 amide bonds. The number of hydrogen-bond acceptors (Lipinski definition) is 6. The number of nitrogens with zero attached hydrogens (tertiary/aromatic N) is 1. The van der Waals surface area contributed by atoms with Gasteiger partial charge < -0.3 is 24.1 Å². The van der Waals surface area contributed by atoms with Crippen molar-refractivity contribution in [3.8, 4) is 23.0 Å². The third kappa shape index (κ3) is 7.14. The summed E-state index contributed by atoms with van der Waals surface area (Å²) in [5, 5.41) is 10.5. The van der Waals surface area contributed by atoms with Crippen molar-refractivity contribution >= 4 is 17.0 Å². The van der Waals surface area contributed by atoms with Crippen LogP contribution in [0.25, 0.3) is 5.57 Å². The van der Waals surface area contributed by atoms with Gasteiger partial charge in [-0.1, -0.05) is 12.1 Å². The van der Waals surface area contributed by atoms with E-state index >= 15 is 0 Å². The van der Waals surface area contributed by atoms with E-state index in [0.717, 1.165) is 12.1 Å². The van der Waals surface area contributed by atoms with Gasteiger partial charge in [-0.3, -0.25) is 4.99 Å². The van der Waals surface area contributed by atoms with Crippen LogP contribution in [0.4, 0.5) is 23.2 Å². The van der Waals surface area contributed by atoms with E-state index in [9.17, 15) is 22.7 Å². The third-order valence-electron chi connectivity index (χ3n) is 4.72. The van der Waals surface area contributed by atoms with E-state index in [1.54, 1.807) is 38.1 Å². The Kier molecular flexibility index (Phi) is 8.42. The molecule has 0 bridgehead atoms. The maximum Gasteiger partial charge on any atom is 0.573 e. The molecule has 3 rings (SSSR count). The first-order valence-electron chi connectivity index (χ1n) is 10.7. The lowest BCUT2D eigenvalue weighted by molar-refractivity contribution is -0.274. The SMILES string of the molecule is CCOC(O)=C(C(C)=Nc1ccc(F)c(OC)c1)c1ccc(Oc2ccc(OC(F)(F)F)cc2)cc1. The van der Waals surface area contributed by atoms with Crippen LogP contribution in [-0.4, -0.2) is 30.9 Å². The van der Waals surface area contributed by atoms with E-state index in [-0.39, 0.29) is 24.1 Å². The van der Waals surface area contributed by atoms with Crippen molar-refractivity contribution in [3.63, 3.8) is 0 Å². The molecule has 0 atom stereocenters. The molecule has 3 aromatic carbocycles. The Hall–Kier alpha value is -4.21. The Bertz CT molecular complexity index is 1240. The molecule has 0 fully saturated rings. The Labute approximate surface area is 205 Å². The van der Waals surface area contributed by atoms with Crippen LogP contribution < -0.4 is 14.2 Å². The summed E-state index contributed by atoms with van der Waals surface area (Å²) in [4.78, 5) is 4.46. The Morgan fingerprint density at radius 3 is 2.06 bits per heavy atom. The first-order valence-corrected chi connectivity index (χ1v) is 10.7. The monoisotopic (exact) mass is 505 g/mol. The van der Waals surface area contributed by atoms with Crippen LogP contribution in [0.1, 0.15) is 19.4 Å². The van der Waals surface area contributed by atoms with Gasteiger partial charge in [0.25, 0.3) is 5.95 Å². The smallest absolute Gasteiger partial charge is 0.494 e. The molecule has 6 nitrogen and oxygen atoms in total. The van der Waals surface area contributed by atoms with Gasteiger partial charge in [0.2, 0.25) is 0 Å². The molecule has 0 saturated carbocycles. The number of rotatable bonds is 9. The predicted octanol–water partition coefficient (Wildman–Crippen LogP) is 7.58. The Morgan fingerprint density at radius 1 is 0.917 bits per heavy atom. The summed E-state index contributed by atoms with van der Waals surface area (Å²) in [5.74, 6) is -0.505. The summed E-state index contributed by atoms with van der Waals surface area (Å²) in [7, 11) is 1.35. The molecule has 0 aliphatic rings. The lowest BCUT2D eigenvalue weighted by Crippen LogP contribution is -2.16. The van der Waals surface area contributed by atoms with E-state index < -0.39 is 12.2 Å². The normalized spacial score (nSPS) is 12.6. The number of hydrogen-bond donors (Lipinski definition) is 1. The zero-order valence-corrected chi connectivity index (χ0v) is 19.6. The van der Waals surface area contributed by atoms with Crippen molar-refractivity contribution in [2.24, 2.45) is 4.99 Å².